The fourth-order valence-corrected chi connectivity index (χ4v) is 2.16. The van der Waals surface area contributed by atoms with Crippen LogP contribution in [0.25, 0.3) is 0 Å². The van der Waals surface area contributed by atoms with Crippen LogP contribution in [0, 0.1) is 23.8 Å². The Morgan fingerprint density at radius 2 is 1.67 bits per heavy atom. The second-order valence-electron chi connectivity index (χ2n) is 2.37. The predicted octanol–water partition coefficient (Wildman–Crippen LogP) is 1.87. The smallest absolute Gasteiger partial charge is 0.258 e. The Morgan fingerprint density at radius 1 is 1.07 bits per heavy atom. The summed E-state index contributed by atoms with van der Waals surface area (Å²) in [6.45, 7) is 0. The minimum atomic E-state index is -4.01. The van der Waals surface area contributed by atoms with Crippen LogP contribution in [-0.4, -0.2) is 9.85 Å². The Hall–Kier alpha value is -1.65. The maximum Gasteiger partial charge on any atom is 0.347 e. The summed E-state index contributed by atoms with van der Waals surface area (Å²) in [4.78, 5) is 18.9. The van der Waals surface area contributed by atoms with Crippen LogP contribution in [-0.2, 0) is 6.14 Å². The molecule has 15 heavy (non-hydrogen) atoms. The topological polar surface area (TPSA) is 120 Å². The highest BCUT2D eigenvalue weighted by Crippen LogP contribution is 2.30. The summed E-state index contributed by atoms with van der Waals surface area (Å²) in [7, 11) is 0. The van der Waals surface area contributed by atoms with Crippen LogP contribution in [0.3, 0.4) is 0 Å². The predicted molar refractivity (Wildman–Crippen MR) is 53.8 cm³/mol. The van der Waals surface area contributed by atoms with Crippen molar-refractivity contribution in [3.8, 4) is 0 Å². The van der Waals surface area contributed by atoms with Crippen molar-refractivity contribution in [3.05, 3.63) is 42.0 Å². The second kappa shape index (κ2) is 4.25. The van der Waals surface area contributed by atoms with Crippen molar-refractivity contribution in [2.75, 3.05) is 0 Å². The van der Waals surface area contributed by atoms with E-state index in [9.17, 15) is 26.4 Å². The molecule has 1 aromatic rings. The van der Waals surface area contributed by atoms with Crippen LogP contribution in [0.2, 0.25) is 0 Å². The summed E-state index contributed by atoms with van der Waals surface area (Å²) < 4.78 is 20.9. The van der Waals surface area contributed by atoms with E-state index in [1.54, 1.807) is 0 Å². The number of non-ortho nitro benzene ring substituents is 1. The van der Waals surface area contributed by atoms with Crippen LogP contribution in [0.4, 0.5) is 11.4 Å². The Balaban J connectivity index is 3.46. The van der Waals surface area contributed by atoms with E-state index in [0.29, 0.717) is 6.07 Å². The maximum atomic E-state index is 10.7. The van der Waals surface area contributed by atoms with E-state index in [-0.39, 0.29) is 0 Å². The van der Waals surface area contributed by atoms with Crippen LogP contribution in [0.5, 0.6) is 0 Å². The van der Waals surface area contributed by atoms with Crippen LogP contribution >= 0.6 is 19.8 Å². The number of benzene rings is 1. The Bertz CT molecular complexity index is 500. The van der Waals surface area contributed by atoms with Gasteiger partial charge in [-0.1, -0.05) is 0 Å². The molecule has 8 nitrogen and oxygen atoms in total. The fraction of sp³-hybridized carbons (Fsp3) is 0. The molecule has 0 atom stereocenters. The highest BCUT2D eigenvalue weighted by Gasteiger charge is 2.22. The van der Waals surface area contributed by atoms with E-state index in [2.05, 4.69) is 0 Å². The normalized spacial score (nSPS) is 10.2. The molecule has 0 heterocycles. The summed E-state index contributed by atoms with van der Waals surface area (Å²) in [6.07, 6.45) is 0. The average Bonchev–Trinajstić information content (AvgIpc) is 2.16. The first-order valence-electron chi connectivity index (χ1n) is 3.41. The van der Waals surface area contributed by atoms with Gasteiger partial charge in [0.15, 0.2) is 3.57 Å². The van der Waals surface area contributed by atoms with E-state index >= 15 is 0 Å². The molecule has 1 aromatic carbocycles. The second-order valence-corrected chi connectivity index (χ2v) is 4.77. The third-order valence-electron chi connectivity index (χ3n) is 1.50. The molecule has 1 rings (SSSR count). The summed E-state index contributed by atoms with van der Waals surface area (Å²) >= 11 is -4.01. The highest BCUT2D eigenvalue weighted by molar-refractivity contribution is 14.2. The van der Waals surface area contributed by atoms with E-state index < -0.39 is 44.6 Å². The average molecular weight is 326 g/mol. The lowest BCUT2D eigenvalue weighted by atomic mass is 10.3. The molecule has 0 aliphatic carbocycles. The highest BCUT2D eigenvalue weighted by atomic mass is 127. The maximum absolute atomic E-state index is 10.7. The monoisotopic (exact) mass is 326 g/mol. The van der Waals surface area contributed by atoms with E-state index in [1.807, 2.05) is 0 Å². The molecule has 0 saturated carbocycles. The molecule has 0 aromatic heterocycles. The quantitative estimate of drug-likeness (QED) is 0.475. The van der Waals surface area contributed by atoms with Gasteiger partial charge in [0.1, 0.15) is 0 Å². The van der Waals surface area contributed by atoms with Gasteiger partial charge in [-0.15, -0.1) is 0 Å². The molecule has 9 heteroatoms. The third kappa shape index (κ3) is 2.43. The molecule has 0 N–H and O–H groups in total. The number of nitrogens with zero attached hydrogens (tertiary/aromatic N) is 2. The molecule has 0 amide bonds. The largest absolute Gasteiger partial charge is 0.347 e. The van der Waals surface area contributed by atoms with Gasteiger partial charge in [-0.25, -0.2) is 6.14 Å². The van der Waals surface area contributed by atoms with Gasteiger partial charge in [-0.3, -0.25) is 20.2 Å². The Kier molecular flexibility index (Phi) is 3.24. The van der Waals surface area contributed by atoms with Crippen molar-refractivity contribution >= 4 is 31.2 Å². The van der Waals surface area contributed by atoms with Crippen molar-refractivity contribution < 1.29 is 16.0 Å². The molecule has 0 spiro atoms. The first-order chi connectivity index (χ1) is 6.93. The molecule has 0 aliphatic rings. The zero-order chi connectivity index (χ0) is 11.6. The molecule has 0 unspecified atom stereocenters. The molecule has 0 radical (unpaired) electrons. The van der Waals surface area contributed by atoms with Crippen LogP contribution in [0.15, 0.2) is 18.2 Å². The number of halogens is 1. The number of rotatable bonds is 3. The number of nitro groups is 2. The lowest BCUT2D eigenvalue weighted by Crippen LogP contribution is -1.95. The molecule has 0 bridgehead atoms. The molecular formula is C6H3IN2O6. The summed E-state index contributed by atoms with van der Waals surface area (Å²) in [5, 5.41) is 20.7. The van der Waals surface area contributed by atoms with Gasteiger partial charge in [0.25, 0.3) is 11.4 Å². The van der Waals surface area contributed by atoms with Crippen LogP contribution in [0.1, 0.15) is 0 Å². The van der Waals surface area contributed by atoms with E-state index in [4.69, 9.17) is 0 Å². The zero-order valence-electron chi connectivity index (χ0n) is 6.95. The number of hydrogen-bond donors (Lipinski definition) is 0. The molecule has 0 fully saturated rings. The summed E-state index contributed by atoms with van der Waals surface area (Å²) in [6, 6.07) is 2.43. The molecule has 0 saturated heterocycles. The summed E-state index contributed by atoms with van der Waals surface area (Å²) in [5.74, 6) is 0. The number of hydrogen-bond acceptors (Lipinski definition) is 6. The fourth-order valence-electron chi connectivity index (χ4n) is 0.885. The minimum Gasteiger partial charge on any atom is -0.258 e. The molecular weight excluding hydrogens is 323 g/mol. The SMILES string of the molecule is O=[N+]([O-])c1ccc(I(=O)=O)c([N+](=O)[O-])c1. The number of nitro benzene ring substituents is 2. The Labute approximate surface area is 89.3 Å². The van der Waals surface area contributed by atoms with Crippen molar-refractivity contribution in [1.82, 2.24) is 0 Å². The van der Waals surface area contributed by atoms with Gasteiger partial charge >= 0.3 is 19.8 Å². The van der Waals surface area contributed by atoms with Gasteiger partial charge in [0.2, 0.25) is 0 Å². The lowest BCUT2D eigenvalue weighted by Gasteiger charge is -1.94. The van der Waals surface area contributed by atoms with Crippen molar-refractivity contribution in [2.45, 2.75) is 0 Å². The van der Waals surface area contributed by atoms with Gasteiger partial charge in [-0.05, 0) is 6.07 Å². The molecule has 0 aliphatic heterocycles. The standard InChI is InChI=1S/C6H3IN2O6/c10-7(11)5-2-1-4(8(12)13)3-6(5)9(14)15/h1-3H. The lowest BCUT2D eigenvalue weighted by molar-refractivity contribution is -0.394. The first-order valence-corrected chi connectivity index (χ1v) is 6.25. The van der Waals surface area contributed by atoms with Gasteiger partial charge in [0.05, 0.1) is 15.9 Å². The van der Waals surface area contributed by atoms with Gasteiger partial charge in [0, 0.05) is 6.07 Å². The first kappa shape index (κ1) is 11.4. The third-order valence-corrected chi connectivity index (χ3v) is 3.36. The minimum absolute atomic E-state index is 0.449. The van der Waals surface area contributed by atoms with Gasteiger partial charge in [-0.2, -0.15) is 0 Å². The summed E-state index contributed by atoms with van der Waals surface area (Å²) in [5.41, 5.74) is -1.26. The van der Waals surface area contributed by atoms with Crippen molar-refractivity contribution in [2.24, 2.45) is 0 Å². The van der Waals surface area contributed by atoms with E-state index in [1.165, 1.54) is 0 Å². The van der Waals surface area contributed by atoms with Crippen molar-refractivity contribution in [1.29, 1.82) is 0 Å². The van der Waals surface area contributed by atoms with Crippen molar-refractivity contribution in [3.63, 3.8) is 0 Å². The van der Waals surface area contributed by atoms with Crippen LogP contribution < -0.4 is 0 Å². The molecule has 80 valence electrons. The van der Waals surface area contributed by atoms with Gasteiger partial charge < -0.3 is 0 Å². The zero-order valence-corrected chi connectivity index (χ0v) is 9.11. The van der Waals surface area contributed by atoms with E-state index in [0.717, 1.165) is 12.1 Å². The Morgan fingerprint density at radius 3 is 2.07 bits per heavy atom.